The number of piperidine rings is 1. The zero-order chi connectivity index (χ0) is 29.0. The topological polar surface area (TPSA) is 94.2 Å². The third-order valence-corrected chi connectivity index (χ3v) is 8.83. The van der Waals surface area contributed by atoms with Crippen molar-refractivity contribution in [2.45, 2.75) is 71.2 Å². The number of fused-ring (bicyclic) bond motifs is 4. The molecule has 40 heavy (non-hydrogen) atoms. The van der Waals surface area contributed by atoms with Crippen LogP contribution in [-0.2, 0) is 23.8 Å². The molecular weight excluding hydrogens is 508 g/mol. The molecule has 8 heteroatoms. The van der Waals surface area contributed by atoms with Crippen LogP contribution in [0, 0.1) is 17.3 Å². The van der Waals surface area contributed by atoms with Gasteiger partial charge in [-0.3, -0.25) is 4.79 Å². The molecule has 2 fully saturated rings. The fourth-order valence-corrected chi connectivity index (χ4v) is 6.85. The molecule has 1 aliphatic heterocycles. The molecule has 2 amide bonds. The number of benzene rings is 2. The van der Waals surface area contributed by atoms with Crippen LogP contribution < -0.4 is 5.32 Å². The Bertz CT molecular complexity index is 1270. The second kappa shape index (κ2) is 10.2. The van der Waals surface area contributed by atoms with Crippen molar-refractivity contribution < 1.29 is 28.6 Å². The van der Waals surface area contributed by atoms with Crippen LogP contribution >= 0.6 is 0 Å². The maximum absolute atomic E-state index is 14.0. The SMILES string of the molecule is COC(=O)[C@@H]1[C@@H]2[C@H](CN1C(=O)[C@@H](NC(=O)OCC1c3ccccc3-c3ccccc31)[C@@H](C)OC(C)(C)C)C2(C)C. The highest BCUT2D eigenvalue weighted by Crippen LogP contribution is 2.65. The summed E-state index contributed by atoms with van der Waals surface area (Å²) in [7, 11) is 1.34. The zero-order valence-electron chi connectivity index (χ0n) is 24.4. The summed E-state index contributed by atoms with van der Waals surface area (Å²) < 4.78 is 17.0. The molecule has 0 radical (unpaired) electrons. The molecule has 3 aliphatic rings. The molecule has 2 aromatic rings. The van der Waals surface area contributed by atoms with Gasteiger partial charge in [0.05, 0.1) is 18.8 Å². The van der Waals surface area contributed by atoms with Crippen molar-refractivity contribution in [2.75, 3.05) is 20.3 Å². The van der Waals surface area contributed by atoms with E-state index in [0.29, 0.717) is 6.54 Å². The largest absolute Gasteiger partial charge is 0.467 e. The van der Waals surface area contributed by atoms with Gasteiger partial charge in [-0.25, -0.2) is 9.59 Å². The molecule has 1 saturated heterocycles. The number of nitrogens with one attached hydrogen (secondary N) is 1. The number of carbonyl (C=O) groups is 3. The summed E-state index contributed by atoms with van der Waals surface area (Å²) >= 11 is 0. The van der Waals surface area contributed by atoms with Crippen LogP contribution in [0.1, 0.15) is 58.6 Å². The smallest absolute Gasteiger partial charge is 0.407 e. The molecule has 0 unspecified atom stereocenters. The summed E-state index contributed by atoms with van der Waals surface area (Å²) in [5, 5.41) is 2.79. The standard InChI is InChI=1S/C32H40N2O6/c1-18(40-31(2,3)4)26(28(35)34-16-24-25(32(24,5)6)27(34)29(36)38-7)33-30(37)39-17-23-21-14-10-8-12-19(21)20-13-9-11-15-22(20)23/h8-15,18,23-27H,16-17H2,1-7H3,(H,33,37)/t18-,24+,25+,26+,27+/m1/s1. The molecule has 0 spiro atoms. The van der Waals surface area contributed by atoms with Gasteiger partial charge < -0.3 is 24.4 Å². The molecule has 1 N–H and O–H groups in total. The Labute approximate surface area is 236 Å². The molecule has 0 bridgehead atoms. The molecular formula is C32H40N2O6. The van der Waals surface area contributed by atoms with E-state index in [1.165, 1.54) is 7.11 Å². The summed E-state index contributed by atoms with van der Waals surface area (Å²) in [5.41, 5.74) is 3.88. The lowest BCUT2D eigenvalue weighted by atomic mass is 9.98. The number of alkyl carbamates (subject to hydrolysis) is 1. The van der Waals surface area contributed by atoms with Crippen molar-refractivity contribution in [2.24, 2.45) is 17.3 Å². The Balaban J connectivity index is 1.33. The molecule has 8 nitrogen and oxygen atoms in total. The highest BCUT2D eigenvalue weighted by Gasteiger charge is 2.70. The lowest BCUT2D eigenvalue weighted by Crippen LogP contribution is -2.58. The number of amides is 2. The van der Waals surface area contributed by atoms with Crippen molar-refractivity contribution in [1.82, 2.24) is 10.2 Å². The number of methoxy groups -OCH3 is 1. The van der Waals surface area contributed by atoms with Crippen molar-refractivity contribution in [3.63, 3.8) is 0 Å². The minimum absolute atomic E-state index is 0.0258. The van der Waals surface area contributed by atoms with Crippen LogP contribution in [-0.4, -0.2) is 66.9 Å². The van der Waals surface area contributed by atoms with Gasteiger partial charge in [0, 0.05) is 18.4 Å². The summed E-state index contributed by atoms with van der Waals surface area (Å²) in [5.74, 6) is -0.682. The summed E-state index contributed by atoms with van der Waals surface area (Å²) in [6.45, 7) is 12.2. The van der Waals surface area contributed by atoms with Gasteiger partial charge in [0.1, 0.15) is 18.7 Å². The first kappa shape index (κ1) is 28.1. The molecule has 214 valence electrons. The molecule has 0 aromatic heterocycles. The van der Waals surface area contributed by atoms with E-state index in [2.05, 4.69) is 43.4 Å². The number of ether oxygens (including phenoxy) is 3. The summed E-state index contributed by atoms with van der Waals surface area (Å²) in [4.78, 5) is 41.5. The minimum Gasteiger partial charge on any atom is -0.467 e. The van der Waals surface area contributed by atoms with Crippen LogP contribution in [0.15, 0.2) is 48.5 Å². The van der Waals surface area contributed by atoms with Crippen LogP contribution in [0.4, 0.5) is 4.79 Å². The fraction of sp³-hybridized carbons (Fsp3) is 0.531. The second-order valence-electron chi connectivity index (χ2n) is 12.8. The van der Waals surface area contributed by atoms with E-state index in [9.17, 15) is 14.4 Å². The predicted octanol–water partition coefficient (Wildman–Crippen LogP) is 4.75. The number of nitrogens with zero attached hydrogens (tertiary/aromatic N) is 1. The monoisotopic (exact) mass is 548 g/mol. The Kier molecular flexibility index (Phi) is 7.19. The average molecular weight is 549 g/mol. The first-order valence-electron chi connectivity index (χ1n) is 14.0. The van der Waals surface area contributed by atoms with Crippen molar-refractivity contribution in [1.29, 1.82) is 0 Å². The van der Waals surface area contributed by atoms with Crippen molar-refractivity contribution in [3.8, 4) is 11.1 Å². The number of rotatable bonds is 7. The van der Waals surface area contributed by atoms with Crippen LogP contribution in [0.2, 0.25) is 0 Å². The van der Waals surface area contributed by atoms with Crippen molar-refractivity contribution >= 4 is 18.0 Å². The molecule has 2 aromatic carbocycles. The zero-order valence-corrected chi connectivity index (χ0v) is 24.4. The van der Waals surface area contributed by atoms with E-state index < -0.39 is 35.9 Å². The van der Waals surface area contributed by atoms with Gasteiger partial charge in [-0.15, -0.1) is 0 Å². The highest BCUT2D eigenvalue weighted by atomic mass is 16.6. The first-order valence-corrected chi connectivity index (χ1v) is 14.0. The highest BCUT2D eigenvalue weighted by molar-refractivity contribution is 5.91. The summed E-state index contributed by atoms with van der Waals surface area (Å²) in [6, 6.07) is 14.5. The number of carbonyl (C=O) groups excluding carboxylic acids is 3. The van der Waals surface area contributed by atoms with Crippen LogP contribution in [0.5, 0.6) is 0 Å². The normalized spacial score (nSPS) is 23.9. The predicted molar refractivity (Wildman–Crippen MR) is 151 cm³/mol. The minimum atomic E-state index is -1.04. The first-order chi connectivity index (χ1) is 18.8. The Morgan fingerprint density at radius 1 is 1.02 bits per heavy atom. The lowest BCUT2D eigenvalue weighted by Gasteiger charge is -2.36. The average Bonchev–Trinajstić information content (AvgIpc) is 3.22. The second-order valence-corrected chi connectivity index (χ2v) is 12.8. The molecule has 2 aliphatic carbocycles. The van der Waals surface area contributed by atoms with Gasteiger partial charge in [0.15, 0.2) is 0 Å². The quantitative estimate of drug-likeness (QED) is 0.502. The van der Waals surface area contributed by atoms with Gasteiger partial charge >= 0.3 is 12.1 Å². The van der Waals surface area contributed by atoms with E-state index in [1.54, 1.807) is 11.8 Å². The molecule has 1 heterocycles. The van der Waals surface area contributed by atoms with E-state index >= 15 is 0 Å². The van der Waals surface area contributed by atoms with Gasteiger partial charge in [0.2, 0.25) is 5.91 Å². The maximum atomic E-state index is 14.0. The number of hydrogen-bond acceptors (Lipinski definition) is 6. The fourth-order valence-electron chi connectivity index (χ4n) is 6.85. The Morgan fingerprint density at radius 2 is 1.60 bits per heavy atom. The van der Waals surface area contributed by atoms with E-state index in [4.69, 9.17) is 14.2 Å². The van der Waals surface area contributed by atoms with E-state index in [1.807, 2.05) is 45.0 Å². The van der Waals surface area contributed by atoms with Crippen LogP contribution in [0.25, 0.3) is 11.1 Å². The number of hydrogen-bond donors (Lipinski definition) is 1. The van der Waals surface area contributed by atoms with Gasteiger partial charge in [-0.1, -0.05) is 62.4 Å². The number of esters is 1. The van der Waals surface area contributed by atoms with E-state index in [0.717, 1.165) is 22.3 Å². The van der Waals surface area contributed by atoms with Crippen LogP contribution in [0.3, 0.4) is 0 Å². The van der Waals surface area contributed by atoms with Gasteiger partial charge in [-0.05, 0) is 61.3 Å². The van der Waals surface area contributed by atoms with Gasteiger partial charge in [0.25, 0.3) is 0 Å². The number of likely N-dealkylation sites (tertiary alicyclic amines) is 1. The van der Waals surface area contributed by atoms with Gasteiger partial charge in [-0.2, -0.15) is 0 Å². The molecule has 5 rings (SSSR count). The lowest BCUT2D eigenvalue weighted by molar-refractivity contribution is -0.156. The Hall–Kier alpha value is -3.39. The third-order valence-electron chi connectivity index (χ3n) is 8.83. The summed E-state index contributed by atoms with van der Waals surface area (Å²) in [6.07, 6.45) is -1.37. The van der Waals surface area contributed by atoms with Crippen molar-refractivity contribution in [3.05, 3.63) is 59.7 Å². The maximum Gasteiger partial charge on any atom is 0.407 e. The molecule has 5 atom stereocenters. The third kappa shape index (κ3) is 4.98. The molecule has 1 saturated carbocycles. The Morgan fingerprint density at radius 3 is 2.15 bits per heavy atom. The van der Waals surface area contributed by atoms with E-state index in [-0.39, 0.29) is 35.7 Å².